The number of hydrogen-bond acceptors (Lipinski definition) is 5. The second kappa shape index (κ2) is 8.53. The second-order valence-electron chi connectivity index (χ2n) is 5.47. The van der Waals surface area contributed by atoms with E-state index in [1.165, 1.54) is 4.90 Å². The zero-order valence-electron chi connectivity index (χ0n) is 13.6. The molecule has 0 aliphatic carbocycles. The number of nitrogens with zero attached hydrogens (tertiary/aromatic N) is 1. The van der Waals surface area contributed by atoms with E-state index < -0.39 is 18.1 Å². The molecule has 1 heterocycles. The molecule has 23 heavy (non-hydrogen) atoms. The molecule has 0 spiro atoms. The average Bonchev–Trinajstić information content (AvgIpc) is 3.08. The first-order valence-electron chi connectivity index (χ1n) is 7.81. The number of benzene rings is 1. The Morgan fingerprint density at radius 3 is 2.65 bits per heavy atom. The minimum atomic E-state index is -0.680. The number of rotatable bonds is 6. The van der Waals surface area contributed by atoms with Gasteiger partial charge in [-0.1, -0.05) is 30.3 Å². The Hall–Kier alpha value is -2.08. The predicted octanol–water partition coefficient (Wildman–Crippen LogP) is 2.22. The zero-order chi connectivity index (χ0) is 16.7. The van der Waals surface area contributed by atoms with Crippen molar-refractivity contribution >= 4 is 12.1 Å². The van der Waals surface area contributed by atoms with Crippen molar-refractivity contribution in [3.8, 4) is 0 Å². The maximum Gasteiger partial charge on any atom is 0.410 e. The van der Waals surface area contributed by atoms with E-state index >= 15 is 0 Å². The van der Waals surface area contributed by atoms with Crippen LogP contribution in [-0.2, 0) is 25.6 Å². The lowest BCUT2D eigenvalue weighted by molar-refractivity contribution is -0.150. The molecule has 0 unspecified atom stereocenters. The van der Waals surface area contributed by atoms with E-state index in [0.717, 1.165) is 12.0 Å². The fourth-order valence-electron chi connectivity index (χ4n) is 2.63. The van der Waals surface area contributed by atoms with E-state index in [-0.39, 0.29) is 19.1 Å². The van der Waals surface area contributed by atoms with Gasteiger partial charge in [0.25, 0.3) is 0 Å². The van der Waals surface area contributed by atoms with Gasteiger partial charge in [-0.15, -0.1) is 0 Å². The Bertz CT molecular complexity index is 513. The number of ether oxygens (including phenoxy) is 3. The molecule has 0 saturated carbocycles. The lowest BCUT2D eigenvalue weighted by atomic mass is 9.98. The second-order valence-corrected chi connectivity index (χ2v) is 5.47. The molecule has 0 bridgehead atoms. The maximum absolute atomic E-state index is 12.3. The van der Waals surface area contributed by atoms with Gasteiger partial charge < -0.3 is 14.2 Å². The van der Waals surface area contributed by atoms with E-state index in [1.807, 2.05) is 30.3 Å². The van der Waals surface area contributed by atoms with Crippen LogP contribution in [0.4, 0.5) is 4.79 Å². The molecule has 1 aliphatic rings. The molecule has 1 saturated heterocycles. The van der Waals surface area contributed by atoms with Crippen LogP contribution in [0.5, 0.6) is 0 Å². The fourth-order valence-corrected chi connectivity index (χ4v) is 2.63. The molecule has 1 aromatic rings. The molecule has 2 rings (SSSR count). The highest BCUT2D eigenvalue weighted by atomic mass is 16.6. The Morgan fingerprint density at radius 1 is 1.30 bits per heavy atom. The minimum Gasteiger partial charge on any atom is -0.464 e. The van der Waals surface area contributed by atoms with Gasteiger partial charge in [0.2, 0.25) is 0 Å². The number of hydrogen-bond donors (Lipinski definition) is 0. The summed E-state index contributed by atoms with van der Waals surface area (Å²) in [5.41, 5.74) is 0.895. The van der Waals surface area contributed by atoms with Gasteiger partial charge in [-0.2, -0.15) is 0 Å². The first-order valence-corrected chi connectivity index (χ1v) is 7.81. The summed E-state index contributed by atoms with van der Waals surface area (Å²) in [6, 6.07) is 8.73. The van der Waals surface area contributed by atoms with E-state index in [0.29, 0.717) is 13.2 Å². The van der Waals surface area contributed by atoms with Crippen LogP contribution in [0.2, 0.25) is 0 Å². The highest BCUT2D eigenvalue weighted by Crippen LogP contribution is 2.22. The van der Waals surface area contributed by atoms with Crippen molar-refractivity contribution in [1.82, 2.24) is 4.90 Å². The van der Waals surface area contributed by atoms with Gasteiger partial charge in [0.1, 0.15) is 12.6 Å². The Balaban J connectivity index is 1.98. The molecular weight excluding hydrogens is 298 g/mol. The molecule has 0 N–H and O–H groups in total. The molecule has 1 aliphatic heterocycles. The Labute approximate surface area is 136 Å². The van der Waals surface area contributed by atoms with Gasteiger partial charge in [-0.05, 0) is 18.9 Å². The van der Waals surface area contributed by atoms with E-state index in [4.69, 9.17) is 14.2 Å². The van der Waals surface area contributed by atoms with Crippen molar-refractivity contribution < 1.29 is 23.8 Å². The number of carbonyl (C=O) groups excluding carboxylic acids is 2. The van der Waals surface area contributed by atoms with Crippen molar-refractivity contribution in [2.45, 2.75) is 26.0 Å². The number of amides is 1. The number of esters is 1. The van der Waals surface area contributed by atoms with Crippen LogP contribution < -0.4 is 0 Å². The first kappa shape index (κ1) is 17.3. The van der Waals surface area contributed by atoms with Gasteiger partial charge in [0, 0.05) is 19.6 Å². The van der Waals surface area contributed by atoms with Gasteiger partial charge in [0.05, 0.1) is 13.2 Å². The third-order valence-corrected chi connectivity index (χ3v) is 3.85. The summed E-state index contributed by atoms with van der Waals surface area (Å²) >= 11 is 0. The highest BCUT2D eigenvalue weighted by molar-refractivity contribution is 5.81. The zero-order valence-corrected chi connectivity index (χ0v) is 13.6. The number of likely N-dealkylation sites (N-methyl/N-ethyl adjacent to an activating group) is 1. The molecule has 1 fully saturated rings. The third-order valence-electron chi connectivity index (χ3n) is 3.85. The average molecular weight is 321 g/mol. The Kier molecular flexibility index (Phi) is 6.40. The van der Waals surface area contributed by atoms with Gasteiger partial charge in [-0.3, -0.25) is 4.90 Å². The maximum atomic E-state index is 12.3. The van der Waals surface area contributed by atoms with Crippen LogP contribution in [0, 0.1) is 5.92 Å². The largest absolute Gasteiger partial charge is 0.464 e. The van der Waals surface area contributed by atoms with Crippen LogP contribution in [0.25, 0.3) is 0 Å². The summed E-state index contributed by atoms with van der Waals surface area (Å²) in [5, 5.41) is 0. The summed E-state index contributed by atoms with van der Waals surface area (Å²) in [5.74, 6) is -0.481. The molecular formula is C17H23NO5. The van der Waals surface area contributed by atoms with Gasteiger partial charge >= 0.3 is 12.1 Å². The van der Waals surface area contributed by atoms with Crippen LogP contribution in [-0.4, -0.2) is 49.9 Å². The highest BCUT2D eigenvalue weighted by Gasteiger charge is 2.38. The van der Waals surface area contributed by atoms with Crippen molar-refractivity contribution in [2.24, 2.45) is 5.92 Å². The quantitative estimate of drug-likeness (QED) is 0.752. The monoisotopic (exact) mass is 321 g/mol. The normalized spacial score (nSPS) is 18.3. The Morgan fingerprint density at radius 2 is 2.04 bits per heavy atom. The first-order chi connectivity index (χ1) is 11.1. The predicted molar refractivity (Wildman–Crippen MR) is 83.7 cm³/mol. The van der Waals surface area contributed by atoms with Crippen LogP contribution in [0.3, 0.4) is 0 Å². The molecule has 6 heteroatoms. The molecule has 0 radical (unpaired) electrons. The van der Waals surface area contributed by atoms with Gasteiger partial charge in [0.15, 0.2) is 0 Å². The third kappa shape index (κ3) is 4.69. The SMILES string of the molecule is CCOC(=O)[C@H]([C@@H]1CCOC1)N(C)C(=O)OCc1ccccc1. The minimum absolute atomic E-state index is 0.0664. The van der Waals surface area contributed by atoms with Crippen molar-refractivity contribution in [3.63, 3.8) is 0 Å². The topological polar surface area (TPSA) is 65.1 Å². The summed E-state index contributed by atoms with van der Waals surface area (Å²) in [6.07, 6.45) is 0.179. The number of carbonyl (C=O) groups is 2. The standard InChI is InChI=1S/C17H23NO5/c1-3-22-16(19)15(14-9-10-21-12-14)18(2)17(20)23-11-13-7-5-4-6-8-13/h4-8,14-15H,3,9-12H2,1-2H3/t14-,15+/m1/s1. The lowest BCUT2D eigenvalue weighted by Crippen LogP contribution is -2.48. The van der Waals surface area contributed by atoms with E-state index in [1.54, 1.807) is 14.0 Å². The van der Waals surface area contributed by atoms with Crippen molar-refractivity contribution in [2.75, 3.05) is 26.9 Å². The molecule has 6 nitrogen and oxygen atoms in total. The molecule has 126 valence electrons. The van der Waals surface area contributed by atoms with E-state index in [2.05, 4.69) is 0 Å². The van der Waals surface area contributed by atoms with Crippen molar-refractivity contribution in [1.29, 1.82) is 0 Å². The summed E-state index contributed by atoms with van der Waals surface area (Å²) < 4.78 is 15.7. The molecule has 1 amide bonds. The van der Waals surface area contributed by atoms with Crippen molar-refractivity contribution in [3.05, 3.63) is 35.9 Å². The molecule has 0 aromatic heterocycles. The summed E-state index contributed by atoms with van der Waals surface area (Å²) in [6.45, 7) is 3.22. The van der Waals surface area contributed by atoms with Crippen LogP contribution in [0.15, 0.2) is 30.3 Å². The molecule has 2 atom stereocenters. The van der Waals surface area contributed by atoms with Gasteiger partial charge in [-0.25, -0.2) is 9.59 Å². The summed E-state index contributed by atoms with van der Waals surface area (Å²) in [7, 11) is 1.56. The summed E-state index contributed by atoms with van der Waals surface area (Å²) in [4.78, 5) is 25.8. The van der Waals surface area contributed by atoms with Crippen LogP contribution in [0.1, 0.15) is 18.9 Å². The lowest BCUT2D eigenvalue weighted by Gasteiger charge is -2.29. The molecule has 1 aromatic carbocycles. The fraction of sp³-hybridized carbons (Fsp3) is 0.529. The van der Waals surface area contributed by atoms with E-state index in [9.17, 15) is 9.59 Å². The van der Waals surface area contributed by atoms with Crippen LogP contribution >= 0.6 is 0 Å². The smallest absolute Gasteiger partial charge is 0.410 e.